The molecule has 0 aliphatic heterocycles. The SMILES string of the molecule is CNCc1c(C)nn(-c2ccccc2C)c1C. The van der Waals surface area contributed by atoms with E-state index in [4.69, 9.17) is 0 Å². The Morgan fingerprint density at radius 3 is 2.53 bits per heavy atom. The molecule has 0 unspecified atom stereocenters. The normalized spacial score (nSPS) is 10.8. The quantitative estimate of drug-likeness (QED) is 0.876. The third-order valence-electron chi connectivity index (χ3n) is 3.14. The molecule has 0 radical (unpaired) electrons. The molecular formula is C14H19N3. The Balaban J connectivity index is 2.54. The molecule has 1 aromatic carbocycles. The molecular weight excluding hydrogens is 210 g/mol. The van der Waals surface area contributed by atoms with Crippen molar-refractivity contribution in [3.8, 4) is 5.69 Å². The zero-order valence-corrected chi connectivity index (χ0v) is 10.9. The third kappa shape index (κ3) is 2.11. The zero-order chi connectivity index (χ0) is 12.4. The molecule has 0 aliphatic rings. The van der Waals surface area contributed by atoms with E-state index < -0.39 is 0 Å². The van der Waals surface area contributed by atoms with Crippen LogP contribution in [0, 0.1) is 20.8 Å². The standard InChI is InChI=1S/C14H19N3/c1-10-7-5-6-8-14(10)17-12(3)13(9-15-4)11(2)16-17/h5-8,15H,9H2,1-4H3. The zero-order valence-electron chi connectivity index (χ0n) is 10.9. The molecule has 90 valence electrons. The smallest absolute Gasteiger partial charge is 0.0678 e. The first-order valence-corrected chi connectivity index (χ1v) is 5.91. The van der Waals surface area contributed by atoms with E-state index in [0.717, 1.165) is 17.9 Å². The molecule has 0 spiro atoms. The minimum atomic E-state index is 0.865. The van der Waals surface area contributed by atoms with Crippen molar-refractivity contribution in [2.75, 3.05) is 7.05 Å². The van der Waals surface area contributed by atoms with Crippen molar-refractivity contribution in [3.05, 3.63) is 46.8 Å². The van der Waals surface area contributed by atoms with Crippen LogP contribution < -0.4 is 5.32 Å². The van der Waals surface area contributed by atoms with Gasteiger partial charge in [-0.15, -0.1) is 0 Å². The Hall–Kier alpha value is -1.61. The van der Waals surface area contributed by atoms with E-state index in [9.17, 15) is 0 Å². The van der Waals surface area contributed by atoms with Gasteiger partial charge in [0, 0.05) is 17.8 Å². The summed E-state index contributed by atoms with van der Waals surface area (Å²) in [6.07, 6.45) is 0. The summed E-state index contributed by atoms with van der Waals surface area (Å²) in [7, 11) is 1.96. The van der Waals surface area contributed by atoms with Gasteiger partial charge in [0.1, 0.15) is 0 Å². The molecule has 0 saturated carbocycles. The number of nitrogens with zero attached hydrogens (tertiary/aromatic N) is 2. The van der Waals surface area contributed by atoms with Gasteiger partial charge in [-0.2, -0.15) is 5.10 Å². The fourth-order valence-electron chi connectivity index (χ4n) is 2.14. The van der Waals surface area contributed by atoms with Gasteiger partial charge in [0.15, 0.2) is 0 Å². The predicted octanol–water partition coefficient (Wildman–Crippen LogP) is 2.52. The Morgan fingerprint density at radius 1 is 1.18 bits per heavy atom. The summed E-state index contributed by atoms with van der Waals surface area (Å²) in [4.78, 5) is 0. The number of rotatable bonds is 3. The Bertz CT molecular complexity index is 526. The van der Waals surface area contributed by atoms with Crippen molar-refractivity contribution < 1.29 is 0 Å². The monoisotopic (exact) mass is 229 g/mol. The van der Waals surface area contributed by atoms with Crippen LogP contribution in [0.4, 0.5) is 0 Å². The number of aromatic nitrogens is 2. The largest absolute Gasteiger partial charge is 0.316 e. The van der Waals surface area contributed by atoms with Gasteiger partial charge in [-0.3, -0.25) is 0 Å². The van der Waals surface area contributed by atoms with Crippen LogP contribution in [0.15, 0.2) is 24.3 Å². The fourth-order valence-corrected chi connectivity index (χ4v) is 2.14. The molecule has 0 saturated heterocycles. The fraction of sp³-hybridized carbons (Fsp3) is 0.357. The van der Waals surface area contributed by atoms with Gasteiger partial charge in [0.25, 0.3) is 0 Å². The number of nitrogens with one attached hydrogen (secondary N) is 1. The average Bonchev–Trinajstić information content (AvgIpc) is 2.58. The number of benzene rings is 1. The maximum Gasteiger partial charge on any atom is 0.0678 e. The second-order valence-electron chi connectivity index (χ2n) is 4.38. The summed E-state index contributed by atoms with van der Waals surface area (Å²) in [6.45, 7) is 7.17. The third-order valence-corrected chi connectivity index (χ3v) is 3.14. The van der Waals surface area contributed by atoms with E-state index in [0.29, 0.717) is 0 Å². The first-order chi connectivity index (χ1) is 8.15. The van der Waals surface area contributed by atoms with Crippen LogP contribution in [-0.4, -0.2) is 16.8 Å². The topological polar surface area (TPSA) is 29.9 Å². The summed E-state index contributed by atoms with van der Waals surface area (Å²) < 4.78 is 2.04. The molecule has 0 atom stereocenters. The van der Waals surface area contributed by atoms with Crippen LogP contribution >= 0.6 is 0 Å². The number of para-hydroxylation sites is 1. The minimum Gasteiger partial charge on any atom is -0.316 e. The van der Waals surface area contributed by atoms with Gasteiger partial charge < -0.3 is 5.32 Å². The minimum absolute atomic E-state index is 0.865. The van der Waals surface area contributed by atoms with Crippen molar-refractivity contribution in [2.45, 2.75) is 27.3 Å². The second kappa shape index (κ2) is 4.72. The molecule has 17 heavy (non-hydrogen) atoms. The highest BCUT2D eigenvalue weighted by molar-refractivity contribution is 5.42. The van der Waals surface area contributed by atoms with Gasteiger partial charge in [0.2, 0.25) is 0 Å². The Labute approximate surface area is 102 Å². The molecule has 3 heteroatoms. The van der Waals surface area contributed by atoms with Gasteiger partial charge in [-0.05, 0) is 39.4 Å². The van der Waals surface area contributed by atoms with Crippen LogP contribution in [0.3, 0.4) is 0 Å². The van der Waals surface area contributed by atoms with Crippen LogP contribution in [0.25, 0.3) is 5.69 Å². The molecule has 1 N–H and O–H groups in total. The lowest BCUT2D eigenvalue weighted by Gasteiger charge is -2.08. The summed E-state index contributed by atoms with van der Waals surface area (Å²) in [5.41, 5.74) is 6.01. The maximum atomic E-state index is 4.64. The lowest BCUT2D eigenvalue weighted by molar-refractivity contribution is 0.800. The van der Waals surface area contributed by atoms with Gasteiger partial charge in [0.05, 0.1) is 11.4 Å². The molecule has 2 rings (SSSR count). The van der Waals surface area contributed by atoms with Crippen molar-refractivity contribution in [1.82, 2.24) is 15.1 Å². The van der Waals surface area contributed by atoms with E-state index >= 15 is 0 Å². The van der Waals surface area contributed by atoms with Crippen molar-refractivity contribution in [1.29, 1.82) is 0 Å². The first-order valence-electron chi connectivity index (χ1n) is 5.91. The van der Waals surface area contributed by atoms with Crippen LogP contribution in [0.2, 0.25) is 0 Å². The first kappa shape index (κ1) is 11.9. The molecule has 0 aliphatic carbocycles. The number of hydrogen-bond acceptors (Lipinski definition) is 2. The van der Waals surface area contributed by atoms with Crippen LogP contribution in [-0.2, 0) is 6.54 Å². The van der Waals surface area contributed by atoms with Crippen LogP contribution in [0.1, 0.15) is 22.5 Å². The summed E-state index contributed by atoms with van der Waals surface area (Å²) in [5, 5.41) is 7.83. The summed E-state index contributed by atoms with van der Waals surface area (Å²) in [5.74, 6) is 0. The lowest BCUT2D eigenvalue weighted by atomic mass is 10.1. The second-order valence-corrected chi connectivity index (χ2v) is 4.38. The summed E-state index contributed by atoms with van der Waals surface area (Å²) in [6, 6.07) is 8.33. The molecule has 0 bridgehead atoms. The average molecular weight is 229 g/mol. The number of aryl methyl sites for hydroxylation is 2. The van der Waals surface area contributed by atoms with E-state index in [2.05, 4.69) is 55.5 Å². The number of hydrogen-bond donors (Lipinski definition) is 1. The van der Waals surface area contributed by atoms with Crippen molar-refractivity contribution >= 4 is 0 Å². The van der Waals surface area contributed by atoms with Crippen molar-refractivity contribution in [2.24, 2.45) is 0 Å². The van der Waals surface area contributed by atoms with Gasteiger partial charge in [-0.1, -0.05) is 18.2 Å². The molecule has 3 nitrogen and oxygen atoms in total. The highest BCUT2D eigenvalue weighted by Gasteiger charge is 2.12. The van der Waals surface area contributed by atoms with E-state index in [-0.39, 0.29) is 0 Å². The molecule has 1 heterocycles. The molecule has 2 aromatic rings. The van der Waals surface area contributed by atoms with E-state index in [1.54, 1.807) is 0 Å². The predicted molar refractivity (Wildman–Crippen MR) is 70.5 cm³/mol. The highest BCUT2D eigenvalue weighted by Crippen LogP contribution is 2.19. The molecule has 0 fully saturated rings. The lowest BCUT2D eigenvalue weighted by Crippen LogP contribution is -2.07. The van der Waals surface area contributed by atoms with Gasteiger partial charge >= 0.3 is 0 Å². The molecule has 0 amide bonds. The van der Waals surface area contributed by atoms with E-state index in [1.807, 2.05) is 11.7 Å². The highest BCUT2D eigenvalue weighted by atomic mass is 15.3. The molecule has 1 aromatic heterocycles. The Morgan fingerprint density at radius 2 is 1.88 bits per heavy atom. The van der Waals surface area contributed by atoms with Gasteiger partial charge in [-0.25, -0.2) is 4.68 Å². The summed E-state index contributed by atoms with van der Waals surface area (Å²) >= 11 is 0. The Kier molecular flexibility index (Phi) is 3.29. The van der Waals surface area contributed by atoms with Crippen LogP contribution in [0.5, 0.6) is 0 Å². The van der Waals surface area contributed by atoms with E-state index in [1.165, 1.54) is 16.8 Å². The maximum absolute atomic E-state index is 4.64. The van der Waals surface area contributed by atoms with Crippen molar-refractivity contribution in [3.63, 3.8) is 0 Å².